The third-order valence-corrected chi connectivity index (χ3v) is 4.03. The van der Waals surface area contributed by atoms with Gasteiger partial charge in [0.05, 0.1) is 13.7 Å². The molecular weight excluding hydrogens is 334 g/mol. The maximum absolute atomic E-state index is 11.0. The van der Waals surface area contributed by atoms with Gasteiger partial charge in [-0.15, -0.1) is 0 Å². The number of nitrogens with zero attached hydrogens (tertiary/aromatic N) is 1. The number of fused-ring (bicyclic) bond motifs is 1. The maximum Gasteiger partial charge on any atom is 0.305 e. The van der Waals surface area contributed by atoms with Gasteiger partial charge in [0.15, 0.2) is 17.5 Å². The summed E-state index contributed by atoms with van der Waals surface area (Å²) in [5.41, 5.74) is 1.08. The van der Waals surface area contributed by atoms with Crippen molar-refractivity contribution in [3.05, 3.63) is 23.8 Å². The molecule has 0 aliphatic carbocycles. The van der Waals surface area contributed by atoms with Crippen molar-refractivity contribution in [2.75, 3.05) is 27.0 Å². The second kappa shape index (κ2) is 11.2. The van der Waals surface area contributed by atoms with Crippen molar-refractivity contribution in [2.45, 2.75) is 45.6 Å². The number of aliphatic imine (C=N–C) groups is 1. The molecule has 0 radical (unpaired) electrons. The van der Waals surface area contributed by atoms with E-state index < -0.39 is 0 Å². The number of esters is 1. The molecule has 2 N–H and O–H groups in total. The Morgan fingerprint density at radius 1 is 1.15 bits per heavy atom. The van der Waals surface area contributed by atoms with Crippen LogP contribution in [0.15, 0.2) is 23.2 Å². The van der Waals surface area contributed by atoms with Crippen LogP contribution in [0, 0.1) is 0 Å². The Balaban J connectivity index is 1.68. The Labute approximate surface area is 155 Å². The summed E-state index contributed by atoms with van der Waals surface area (Å²) in [5, 5.41) is 6.60. The molecule has 0 fully saturated rings. The van der Waals surface area contributed by atoms with Gasteiger partial charge >= 0.3 is 5.97 Å². The van der Waals surface area contributed by atoms with Crippen LogP contribution in [0.1, 0.15) is 44.6 Å². The number of carbonyl (C=O) groups excluding carboxylic acids is 1. The lowest BCUT2D eigenvalue weighted by molar-refractivity contribution is -0.140. The topological polar surface area (TPSA) is 81.2 Å². The molecule has 1 aliphatic heterocycles. The van der Waals surface area contributed by atoms with Crippen LogP contribution in [0.3, 0.4) is 0 Å². The number of hydrogen-bond acceptors (Lipinski definition) is 5. The number of rotatable bonds is 10. The number of guanidine groups is 1. The monoisotopic (exact) mass is 363 g/mol. The van der Waals surface area contributed by atoms with E-state index in [-0.39, 0.29) is 12.8 Å². The molecule has 144 valence electrons. The lowest BCUT2D eigenvalue weighted by Gasteiger charge is -2.11. The largest absolute Gasteiger partial charge is 0.469 e. The van der Waals surface area contributed by atoms with Gasteiger partial charge in [-0.3, -0.25) is 4.79 Å². The highest BCUT2D eigenvalue weighted by molar-refractivity contribution is 5.79. The molecule has 1 heterocycles. The van der Waals surface area contributed by atoms with Crippen molar-refractivity contribution in [3.63, 3.8) is 0 Å². The van der Waals surface area contributed by atoms with Gasteiger partial charge in [0.1, 0.15) is 0 Å². The molecule has 7 heteroatoms. The summed E-state index contributed by atoms with van der Waals surface area (Å²) in [5.74, 6) is 2.24. The Morgan fingerprint density at radius 2 is 1.96 bits per heavy atom. The highest BCUT2D eigenvalue weighted by Gasteiger charge is 2.12. The van der Waals surface area contributed by atoms with Crippen LogP contribution in [0.5, 0.6) is 11.5 Å². The van der Waals surface area contributed by atoms with Gasteiger partial charge in [-0.1, -0.05) is 18.9 Å². The minimum absolute atomic E-state index is 0.131. The molecule has 1 aromatic rings. The van der Waals surface area contributed by atoms with Crippen LogP contribution in [0.25, 0.3) is 0 Å². The first kappa shape index (κ1) is 19.9. The first-order valence-corrected chi connectivity index (χ1v) is 9.20. The quantitative estimate of drug-likeness (QED) is 0.288. The molecule has 0 saturated carbocycles. The van der Waals surface area contributed by atoms with E-state index in [4.69, 9.17) is 9.47 Å². The number of nitrogens with one attached hydrogen (secondary N) is 2. The molecule has 2 rings (SSSR count). The fourth-order valence-corrected chi connectivity index (χ4v) is 2.61. The molecule has 0 amide bonds. The summed E-state index contributed by atoms with van der Waals surface area (Å²) in [6.07, 6.45) is 4.53. The summed E-state index contributed by atoms with van der Waals surface area (Å²) in [6.45, 7) is 4.57. The van der Waals surface area contributed by atoms with Crippen LogP contribution < -0.4 is 20.1 Å². The van der Waals surface area contributed by atoms with Crippen molar-refractivity contribution < 1.29 is 19.0 Å². The van der Waals surface area contributed by atoms with Crippen molar-refractivity contribution in [1.29, 1.82) is 0 Å². The molecule has 0 saturated heterocycles. The summed E-state index contributed by atoms with van der Waals surface area (Å²) < 4.78 is 15.4. The van der Waals surface area contributed by atoms with E-state index in [0.29, 0.717) is 13.0 Å². The van der Waals surface area contributed by atoms with E-state index in [1.807, 2.05) is 25.1 Å². The smallest absolute Gasteiger partial charge is 0.305 e. The van der Waals surface area contributed by atoms with Crippen LogP contribution in [-0.4, -0.2) is 38.9 Å². The summed E-state index contributed by atoms with van der Waals surface area (Å²) in [4.78, 5) is 15.7. The highest BCUT2D eigenvalue weighted by Crippen LogP contribution is 2.32. The average molecular weight is 363 g/mol. The number of ether oxygens (including phenoxy) is 3. The van der Waals surface area contributed by atoms with Crippen LogP contribution in [0.4, 0.5) is 0 Å². The average Bonchev–Trinajstić information content (AvgIpc) is 3.12. The van der Waals surface area contributed by atoms with Gasteiger partial charge in [0.2, 0.25) is 6.79 Å². The second-order valence-corrected chi connectivity index (χ2v) is 6.05. The zero-order valence-corrected chi connectivity index (χ0v) is 15.7. The normalized spacial score (nSPS) is 12.8. The Bertz CT molecular complexity index is 604. The van der Waals surface area contributed by atoms with Gasteiger partial charge in [-0.05, 0) is 37.5 Å². The molecule has 0 spiro atoms. The zero-order valence-electron chi connectivity index (χ0n) is 15.7. The highest BCUT2D eigenvalue weighted by atomic mass is 16.7. The van der Waals surface area contributed by atoms with Gasteiger partial charge in [-0.2, -0.15) is 0 Å². The standard InChI is InChI=1S/C19H29N3O4/c1-3-20-19(21-11-7-5-4-6-8-18(23)24-2)22-13-15-9-10-16-17(12-15)26-14-25-16/h9-10,12H,3-8,11,13-14H2,1-2H3,(H2,20,21,22). The zero-order chi connectivity index (χ0) is 18.6. The Kier molecular flexibility index (Phi) is 8.59. The molecule has 7 nitrogen and oxygen atoms in total. The van der Waals surface area contributed by atoms with Gasteiger partial charge < -0.3 is 24.8 Å². The van der Waals surface area contributed by atoms with Gasteiger partial charge in [0, 0.05) is 19.5 Å². The minimum Gasteiger partial charge on any atom is -0.469 e. The van der Waals surface area contributed by atoms with Crippen molar-refractivity contribution >= 4 is 11.9 Å². The van der Waals surface area contributed by atoms with E-state index >= 15 is 0 Å². The van der Waals surface area contributed by atoms with Crippen molar-refractivity contribution in [1.82, 2.24) is 10.6 Å². The third kappa shape index (κ3) is 6.82. The first-order valence-electron chi connectivity index (χ1n) is 9.20. The van der Waals surface area contributed by atoms with Crippen LogP contribution in [0.2, 0.25) is 0 Å². The van der Waals surface area contributed by atoms with E-state index in [2.05, 4.69) is 20.4 Å². The van der Waals surface area contributed by atoms with Gasteiger partial charge in [-0.25, -0.2) is 4.99 Å². The van der Waals surface area contributed by atoms with Crippen LogP contribution >= 0.6 is 0 Å². The molecule has 1 aliphatic rings. The minimum atomic E-state index is -0.131. The molecule has 26 heavy (non-hydrogen) atoms. The second-order valence-electron chi connectivity index (χ2n) is 6.05. The number of benzene rings is 1. The summed E-state index contributed by atoms with van der Waals surface area (Å²) in [6, 6.07) is 5.89. The molecule has 0 unspecified atom stereocenters. The Morgan fingerprint density at radius 3 is 2.77 bits per heavy atom. The number of carbonyl (C=O) groups is 1. The lowest BCUT2D eigenvalue weighted by atomic mass is 10.1. The fraction of sp³-hybridized carbons (Fsp3) is 0.579. The summed E-state index contributed by atoms with van der Waals surface area (Å²) in [7, 11) is 1.43. The summed E-state index contributed by atoms with van der Waals surface area (Å²) >= 11 is 0. The first-order chi connectivity index (χ1) is 12.7. The predicted octanol–water partition coefficient (Wildman–Crippen LogP) is 2.59. The SMILES string of the molecule is CCNC(=NCc1ccc2c(c1)OCO2)NCCCCCCC(=O)OC. The lowest BCUT2D eigenvalue weighted by Crippen LogP contribution is -2.37. The van der Waals surface area contributed by atoms with E-state index in [1.165, 1.54) is 7.11 Å². The van der Waals surface area contributed by atoms with Crippen molar-refractivity contribution in [3.8, 4) is 11.5 Å². The van der Waals surface area contributed by atoms with E-state index in [9.17, 15) is 4.79 Å². The van der Waals surface area contributed by atoms with E-state index in [0.717, 1.165) is 61.8 Å². The third-order valence-electron chi connectivity index (χ3n) is 4.03. The number of methoxy groups -OCH3 is 1. The molecule has 0 atom stereocenters. The van der Waals surface area contributed by atoms with Crippen LogP contribution in [-0.2, 0) is 16.1 Å². The van der Waals surface area contributed by atoms with E-state index in [1.54, 1.807) is 0 Å². The number of unbranched alkanes of at least 4 members (excludes halogenated alkanes) is 3. The van der Waals surface area contributed by atoms with Crippen molar-refractivity contribution in [2.24, 2.45) is 4.99 Å². The molecule has 0 aromatic heterocycles. The molecular formula is C19H29N3O4. The molecule has 0 bridgehead atoms. The van der Waals surface area contributed by atoms with Gasteiger partial charge in [0.25, 0.3) is 0 Å². The fourth-order valence-electron chi connectivity index (χ4n) is 2.61. The predicted molar refractivity (Wildman–Crippen MR) is 100 cm³/mol. The Hall–Kier alpha value is -2.44. The number of hydrogen-bond donors (Lipinski definition) is 2. The molecule has 1 aromatic carbocycles. The maximum atomic E-state index is 11.0.